The number of nitrogens with one attached hydrogen (secondary N) is 2. The van der Waals surface area contributed by atoms with Gasteiger partial charge in [-0.1, -0.05) is 0 Å². The fourth-order valence-corrected chi connectivity index (χ4v) is 4.12. The number of pyridine rings is 1. The number of anilines is 1. The van der Waals surface area contributed by atoms with Crippen molar-refractivity contribution in [2.24, 2.45) is 5.92 Å². The monoisotopic (exact) mass is 343 g/mol. The normalized spacial score (nSPS) is 22.8. The molecular weight excluding hydrogens is 322 g/mol. The first kappa shape index (κ1) is 16.0. The molecule has 0 saturated carbocycles. The van der Waals surface area contributed by atoms with Gasteiger partial charge in [-0.2, -0.15) is 0 Å². The van der Waals surface area contributed by atoms with E-state index in [4.69, 9.17) is 9.84 Å². The van der Waals surface area contributed by atoms with Crippen LogP contribution in [0.1, 0.15) is 23.2 Å². The fraction of sp³-hybridized carbons (Fsp3) is 0.444. The van der Waals surface area contributed by atoms with Gasteiger partial charge in [0, 0.05) is 25.3 Å². The van der Waals surface area contributed by atoms with Gasteiger partial charge in [-0.25, -0.2) is 4.79 Å². The molecule has 2 aromatic rings. The van der Waals surface area contributed by atoms with Crippen LogP contribution < -0.4 is 20.4 Å². The second kappa shape index (κ2) is 6.07. The van der Waals surface area contributed by atoms with Crippen LogP contribution in [0.4, 0.5) is 5.69 Å². The molecule has 1 aromatic heterocycles. The number of nitrogens with zero attached hydrogens (tertiary/aromatic N) is 1. The Hall–Kier alpha value is -2.54. The average molecular weight is 343 g/mol. The third kappa shape index (κ3) is 2.55. The van der Waals surface area contributed by atoms with E-state index in [1.165, 1.54) is 19.0 Å². The molecule has 2 fully saturated rings. The molecule has 0 unspecified atom stereocenters. The lowest BCUT2D eigenvalue weighted by atomic mass is 9.94. The van der Waals surface area contributed by atoms with Crippen molar-refractivity contribution >= 4 is 22.6 Å². The zero-order valence-electron chi connectivity index (χ0n) is 14.0. The first-order chi connectivity index (χ1) is 12.1. The highest BCUT2D eigenvalue weighted by Gasteiger charge is 2.35. The molecule has 2 saturated heterocycles. The third-order valence-electron chi connectivity index (χ3n) is 5.36. The summed E-state index contributed by atoms with van der Waals surface area (Å²) in [5.74, 6) is -0.0198. The standard InChI is InChI=1S/C18H21N3O4/c1-25-17-14(21-8-10-3-2-6-19-13(10)9-21)5-4-11-15(17)20-7-12(16(11)22)18(23)24/h4-5,7,10,13,19H,2-3,6,8-9H2,1H3,(H,20,22)(H,23,24)/t10-,13+/m1/s1. The van der Waals surface area contributed by atoms with Crippen molar-refractivity contribution in [3.05, 3.63) is 34.1 Å². The quantitative estimate of drug-likeness (QED) is 0.780. The predicted octanol–water partition coefficient (Wildman–Crippen LogP) is 1.42. The number of aromatic carboxylic acids is 1. The van der Waals surface area contributed by atoms with Gasteiger partial charge in [-0.05, 0) is 37.4 Å². The third-order valence-corrected chi connectivity index (χ3v) is 5.36. The van der Waals surface area contributed by atoms with Gasteiger partial charge in [-0.15, -0.1) is 0 Å². The Morgan fingerprint density at radius 2 is 2.20 bits per heavy atom. The Morgan fingerprint density at radius 3 is 2.92 bits per heavy atom. The zero-order valence-corrected chi connectivity index (χ0v) is 14.0. The maximum Gasteiger partial charge on any atom is 0.341 e. The van der Waals surface area contributed by atoms with E-state index >= 15 is 0 Å². The van der Waals surface area contributed by atoms with Gasteiger partial charge in [0.05, 0.1) is 23.7 Å². The minimum atomic E-state index is -1.24. The van der Waals surface area contributed by atoms with Crippen LogP contribution in [0, 0.1) is 5.92 Å². The molecule has 7 nitrogen and oxygen atoms in total. The SMILES string of the molecule is COc1c(N2C[C@H]3CCCN[C@H]3C2)ccc2c(=O)c(C(=O)O)c[nH]c12. The Balaban J connectivity index is 1.79. The minimum absolute atomic E-state index is 0.265. The summed E-state index contributed by atoms with van der Waals surface area (Å²) < 4.78 is 5.60. The van der Waals surface area contributed by atoms with E-state index in [0.717, 1.165) is 25.3 Å². The van der Waals surface area contributed by atoms with Gasteiger partial charge in [0.2, 0.25) is 5.43 Å². The maximum absolute atomic E-state index is 12.4. The molecule has 3 N–H and O–H groups in total. The van der Waals surface area contributed by atoms with Crippen molar-refractivity contribution in [1.82, 2.24) is 10.3 Å². The van der Waals surface area contributed by atoms with E-state index in [1.807, 2.05) is 6.07 Å². The van der Waals surface area contributed by atoms with E-state index < -0.39 is 11.4 Å². The first-order valence-electron chi connectivity index (χ1n) is 8.54. The number of benzene rings is 1. The highest BCUT2D eigenvalue weighted by atomic mass is 16.5. The molecule has 0 spiro atoms. The Kier molecular flexibility index (Phi) is 3.88. The van der Waals surface area contributed by atoms with Crippen LogP contribution in [0.15, 0.2) is 23.1 Å². The number of hydrogen-bond donors (Lipinski definition) is 3. The molecule has 4 rings (SSSR count). The number of ether oxygens (including phenoxy) is 1. The van der Waals surface area contributed by atoms with Crippen molar-refractivity contribution in [1.29, 1.82) is 0 Å². The van der Waals surface area contributed by atoms with E-state index in [9.17, 15) is 9.59 Å². The highest BCUT2D eigenvalue weighted by molar-refractivity contribution is 5.96. The van der Waals surface area contributed by atoms with Crippen molar-refractivity contribution in [3.63, 3.8) is 0 Å². The molecular formula is C18H21N3O4. The van der Waals surface area contributed by atoms with E-state index in [0.29, 0.717) is 28.6 Å². The van der Waals surface area contributed by atoms with Crippen LogP contribution in [-0.4, -0.2) is 48.8 Å². The van der Waals surface area contributed by atoms with Crippen LogP contribution in [0.25, 0.3) is 10.9 Å². The molecule has 7 heteroatoms. The van der Waals surface area contributed by atoms with Crippen molar-refractivity contribution in [3.8, 4) is 5.75 Å². The van der Waals surface area contributed by atoms with Gasteiger partial charge in [0.15, 0.2) is 5.75 Å². The van der Waals surface area contributed by atoms with Crippen molar-refractivity contribution in [2.45, 2.75) is 18.9 Å². The van der Waals surface area contributed by atoms with Gasteiger partial charge in [0.1, 0.15) is 5.56 Å². The largest absolute Gasteiger partial charge is 0.492 e. The molecule has 0 amide bonds. The summed E-state index contributed by atoms with van der Waals surface area (Å²) >= 11 is 0. The topological polar surface area (TPSA) is 94.7 Å². The molecule has 2 aliphatic rings. The molecule has 2 aliphatic heterocycles. The number of hydrogen-bond acceptors (Lipinski definition) is 5. The number of carboxylic acids is 1. The summed E-state index contributed by atoms with van der Waals surface area (Å²) in [5.41, 5.74) is 0.712. The van der Waals surface area contributed by atoms with Gasteiger partial charge >= 0.3 is 5.97 Å². The first-order valence-corrected chi connectivity index (χ1v) is 8.54. The Labute approximate surface area is 144 Å². The van der Waals surface area contributed by atoms with E-state index in [1.54, 1.807) is 13.2 Å². The molecule has 3 heterocycles. The molecule has 0 bridgehead atoms. The maximum atomic E-state index is 12.4. The van der Waals surface area contributed by atoms with E-state index in [2.05, 4.69) is 15.2 Å². The zero-order chi connectivity index (χ0) is 17.6. The second-order valence-electron chi connectivity index (χ2n) is 6.75. The van der Waals surface area contributed by atoms with Crippen molar-refractivity contribution in [2.75, 3.05) is 31.6 Å². The minimum Gasteiger partial charge on any atom is -0.492 e. The van der Waals surface area contributed by atoms with Gasteiger partial charge in [-0.3, -0.25) is 4.79 Å². The number of carboxylic acid groups (broad SMARTS) is 1. The lowest BCUT2D eigenvalue weighted by Crippen LogP contribution is -2.40. The molecule has 0 radical (unpaired) electrons. The smallest absolute Gasteiger partial charge is 0.341 e. The molecule has 0 aliphatic carbocycles. The molecule has 1 aromatic carbocycles. The van der Waals surface area contributed by atoms with Crippen LogP contribution in [-0.2, 0) is 0 Å². The fourth-order valence-electron chi connectivity index (χ4n) is 4.12. The van der Waals surface area contributed by atoms with Crippen LogP contribution >= 0.6 is 0 Å². The summed E-state index contributed by atoms with van der Waals surface area (Å²) in [6.45, 7) is 2.93. The number of rotatable bonds is 3. The van der Waals surface area contributed by atoms with Crippen LogP contribution in [0.5, 0.6) is 5.75 Å². The number of aromatic nitrogens is 1. The number of methoxy groups -OCH3 is 1. The Bertz CT molecular complexity index is 878. The van der Waals surface area contributed by atoms with Crippen LogP contribution in [0.2, 0.25) is 0 Å². The predicted molar refractivity (Wildman–Crippen MR) is 94.8 cm³/mol. The lowest BCUT2D eigenvalue weighted by Gasteiger charge is -2.24. The average Bonchev–Trinajstić information content (AvgIpc) is 3.04. The summed E-state index contributed by atoms with van der Waals surface area (Å²) in [4.78, 5) is 28.8. The lowest BCUT2D eigenvalue weighted by molar-refractivity contribution is 0.0695. The highest BCUT2D eigenvalue weighted by Crippen LogP contribution is 2.38. The van der Waals surface area contributed by atoms with Crippen molar-refractivity contribution < 1.29 is 14.6 Å². The Morgan fingerprint density at radius 1 is 1.36 bits per heavy atom. The number of carbonyl (C=O) groups is 1. The summed E-state index contributed by atoms with van der Waals surface area (Å²) in [6, 6.07) is 4.04. The number of H-pyrrole nitrogens is 1. The molecule has 132 valence electrons. The molecule has 2 atom stereocenters. The summed E-state index contributed by atoms with van der Waals surface area (Å²) in [5, 5.41) is 13.0. The van der Waals surface area contributed by atoms with Gasteiger partial charge < -0.3 is 25.0 Å². The number of fused-ring (bicyclic) bond motifs is 2. The summed E-state index contributed by atoms with van der Waals surface area (Å²) in [6.07, 6.45) is 3.67. The molecule has 25 heavy (non-hydrogen) atoms. The second-order valence-corrected chi connectivity index (χ2v) is 6.75. The van der Waals surface area contributed by atoms with Crippen LogP contribution in [0.3, 0.4) is 0 Å². The number of aromatic amines is 1. The van der Waals surface area contributed by atoms with Gasteiger partial charge in [0.25, 0.3) is 0 Å². The number of piperidine rings is 1. The summed E-state index contributed by atoms with van der Waals surface area (Å²) in [7, 11) is 1.57. The van der Waals surface area contributed by atoms with E-state index in [-0.39, 0.29) is 5.56 Å².